The highest BCUT2D eigenvalue weighted by atomic mass is 31.2. The number of carboxylic acid groups (broad SMARTS) is 1. The predicted octanol–water partition coefficient (Wildman–Crippen LogP) is 4.29. The van der Waals surface area contributed by atoms with Gasteiger partial charge in [-0.05, 0) is 38.3 Å². The number of nitrogens with one attached hydrogen (secondary N) is 1. The molecule has 2 aromatic carbocycles. The number of aliphatic carboxylic acids is 1. The van der Waals surface area contributed by atoms with Crippen LogP contribution in [0.1, 0.15) is 31.9 Å². The van der Waals surface area contributed by atoms with E-state index in [1.807, 2.05) is 12.1 Å². The second-order valence-electron chi connectivity index (χ2n) is 8.51. The molecule has 2 aromatic rings. The number of ether oxygens (including phenoxy) is 1. The van der Waals surface area contributed by atoms with E-state index >= 15 is 0 Å². The van der Waals surface area contributed by atoms with Crippen LogP contribution in [0.15, 0.2) is 60.7 Å². The van der Waals surface area contributed by atoms with Gasteiger partial charge in [-0.15, -0.1) is 0 Å². The minimum atomic E-state index is -4.13. The normalized spacial score (nSPS) is 15.4. The van der Waals surface area contributed by atoms with Crippen molar-refractivity contribution < 1.29 is 28.9 Å². The summed E-state index contributed by atoms with van der Waals surface area (Å²) in [5, 5.41) is 12.2. The fraction of sp³-hybridized carbons (Fsp3) is 0.391. The fourth-order valence-corrected chi connectivity index (χ4v) is 5.12. The highest BCUT2D eigenvalue weighted by Crippen LogP contribution is 2.48. The molecule has 1 amide bonds. The van der Waals surface area contributed by atoms with Gasteiger partial charge in [0, 0.05) is 12.6 Å². The van der Waals surface area contributed by atoms with Crippen LogP contribution >= 0.6 is 7.37 Å². The molecular formula is C23H30NO6P. The Balaban J connectivity index is 2.24. The third-order valence-electron chi connectivity index (χ3n) is 4.60. The quantitative estimate of drug-likeness (QED) is 0.494. The molecule has 0 aliphatic heterocycles. The van der Waals surface area contributed by atoms with Crippen LogP contribution in [-0.4, -0.2) is 39.6 Å². The Morgan fingerprint density at radius 2 is 1.45 bits per heavy atom. The van der Waals surface area contributed by atoms with E-state index in [1.54, 1.807) is 69.3 Å². The Morgan fingerprint density at radius 3 is 1.90 bits per heavy atom. The zero-order chi connectivity index (χ0) is 23.1. The maximum Gasteiger partial charge on any atom is 0.408 e. The topological polar surface area (TPSA) is 113 Å². The van der Waals surface area contributed by atoms with E-state index in [-0.39, 0.29) is 12.8 Å². The third kappa shape index (κ3) is 8.56. The smallest absolute Gasteiger partial charge is 0.408 e. The van der Waals surface area contributed by atoms with E-state index in [0.29, 0.717) is 0 Å². The van der Waals surface area contributed by atoms with E-state index in [2.05, 4.69) is 5.32 Å². The highest BCUT2D eigenvalue weighted by molar-refractivity contribution is 7.58. The standard InChI is InChI=1S/C23H30NO6P/c1-23(2,3)30-22(27)24-20(15-18-12-8-5-9-13-18)31(28,29)16-19(21(25)26)14-17-10-6-4-7-11-17/h4-13,19-20H,14-16H2,1-3H3,(H,24,27)(H,25,26)(H,28,29). The SMILES string of the molecule is CC(C)(C)OC(=O)NC(Cc1ccccc1)P(=O)(O)CC(Cc1ccccc1)C(=O)O. The molecular weight excluding hydrogens is 417 g/mol. The maximum atomic E-state index is 13.3. The number of rotatable bonds is 9. The summed E-state index contributed by atoms with van der Waals surface area (Å²) in [5.74, 6) is -3.41. The van der Waals surface area contributed by atoms with Crippen LogP contribution in [0, 0.1) is 5.92 Å². The van der Waals surface area contributed by atoms with Crippen molar-refractivity contribution in [2.45, 2.75) is 45.0 Å². The van der Waals surface area contributed by atoms with Crippen LogP contribution < -0.4 is 5.32 Å². The average Bonchev–Trinajstić information content (AvgIpc) is 2.67. The molecule has 168 valence electrons. The first-order valence-corrected chi connectivity index (χ1v) is 12.0. The molecule has 8 heteroatoms. The van der Waals surface area contributed by atoms with Crippen LogP contribution in [0.25, 0.3) is 0 Å². The van der Waals surface area contributed by atoms with Gasteiger partial charge >= 0.3 is 12.1 Å². The van der Waals surface area contributed by atoms with E-state index < -0.39 is 42.9 Å². The zero-order valence-corrected chi connectivity index (χ0v) is 18.9. The molecule has 0 saturated carbocycles. The third-order valence-corrected chi connectivity index (χ3v) is 6.85. The first-order valence-electron chi connectivity index (χ1n) is 10.1. The first-order chi connectivity index (χ1) is 14.5. The highest BCUT2D eigenvalue weighted by Gasteiger charge is 2.38. The van der Waals surface area contributed by atoms with Gasteiger partial charge in [0.2, 0.25) is 7.37 Å². The van der Waals surface area contributed by atoms with Crippen LogP contribution in [0.4, 0.5) is 4.79 Å². The van der Waals surface area contributed by atoms with Crippen molar-refractivity contribution in [1.29, 1.82) is 0 Å². The van der Waals surface area contributed by atoms with Crippen molar-refractivity contribution in [2.75, 3.05) is 6.16 Å². The summed E-state index contributed by atoms with van der Waals surface area (Å²) in [7, 11) is -4.13. The molecule has 0 heterocycles. The number of hydrogen-bond acceptors (Lipinski definition) is 4. The molecule has 7 nitrogen and oxygen atoms in total. The Morgan fingerprint density at radius 1 is 0.968 bits per heavy atom. The maximum absolute atomic E-state index is 13.3. The van der Waals surface area contributed by atoms with Gasteiger partial charge in [-0.3, -0.25) is 9.36 Å². The zero-order valence-electron chi connectivity index (χ0n) is 18.0. The van der Waals surface area contributed by atoms with Crippen LogP contribution in [-0.2, 0) is 26.9 Å². The summed E-state index contributed by atoms with van der Waals surface area (Å²) in [5.41, 5.74) is 0.722. The monoisotopic (exact) mass is 447 g/mol. The summed E-state index contributed by atoms with van der Waals surface area (Å²) in [4.78, 5) is 35.1. The van der Waals surface area contributed by atoms with Crippen molar-refractivity contribution in [1.82, 2.24) is 5.32 Å². The van der Waals surface area contributed by atoms with Crippen molar-refractivity contribution in [3.05, 3.63) is 71.8 Å². The molecule has 3 atom stereocenters. The number of alkyl carbamates (subject to hydrolysis) is 1. The van der Waals surface area contributed by atoms with Gasteiger partial charge in [0.25, 0.3) is 0 Å². The molecule has 31 heavy (non-hydrogen) atoms. The lowest BCUT2D eigenvalue weighted by Crippen LogP contribution is -2.41. The number of carboxylic acids is 1. The summed E-state index contributed by atoms with van der Waals surface area (Å²) in [6.45, 7) is 5.08. The number of carbonyl (C=O) groups is 2. The van der Waals surface area contributed by atoms with Crippen molar-refractivity contribution in [3.63, 3.8) is 0 Å². The number of amides is 1. The van der Waals surface area contributed by atoms with Gasteiger partial charge in [-0.25, -0.2) is 4.79 Å². The van der Waals surface area contributed by atoms with E-state index in [0.717, 1.165) is 11.1 Å². The van der Waals surface area contributed by atoms with Gasteiger partial charge in [-0.2, -0.15) is 0 Å². The van der Waals surface area contributed by atoms with Gasteiger partial charge in [-0.1, -0.05) is 60.7 Å². The first kappa shape index (κ1) is 24.6. The second-order valence-corrected chi connectivity index (χ2v) is 11.0. The average molecular weight is 447 g/mol. The molecule has 0 fully saturated rings. The summed E-state index contributed by atoms with van der Waals surface area (Å²) in [6, 6.07) is 17.9. The molecule has 0 aromatic heterocycles. The Hall–Kier alpha value is -2.63. The molecule has 0 aliphatic carbocycles. The largest absolute Gasteiger partial charge is 0.481 e. The Kier molecular flexibility index (Phi) is 8.43. The van der Waals surface area contributed by atoms with E-state index in [4.69, 9.17) is 4.74 Å². The minimum absolute atomic E-state index is 0.0749. The van der Waals surface area contributed by atoms with Crippen molar-refractivity contribution >= 4 is 19.4 Å². The number of hydrogen-bond donors (Lipinski definition) is 3. The molecule has 3 N–H and O–H groups in total. The van der Waals surface area contributed by atoms with E-state index in [9.17, 15) is 24.2 Å². The summed E-state index contributed by atoms with van der Waals surface area (Å²) < 4.78 is 18.6. The van der Waals surface area contributed by atoms with Crippen LogP contribution in [0.2, 0.25) is 0 Å². The lowest BCUT2D eigenvalue weighted by molar-refractivity contribution is -0.141. The van der Waals surface area contributed by atoms with Crippen molar-refractivity contribution in [3.8, 4) is 0 Å². The van der Waals surface area contributed by atoms with Gasteiger partial charge in [0.05, 0.1) is 5.92 Å². The molecule has 0 aliphatic rings. The predicted molar refractivity (Wildman–Crippen MR) is 119 cm³/mol. The molecule has 0 saturated heterocycles. The van der Waals surface area contributed by atoms with Crippen LogP contribution in [0.5, 0.6) is 0 Å². The second kappa shape index (κ2) is 10.6. The Labute approximate surface area is 182 Å². The van der Waals surface area contributed by atoms with E-state index in [1.165, 1.54) is 0 Å². The minimum Gasteiger partial charge on any atom is -0.481 e. The molecule has 0 spiro atoms. The Bertz CT molecular complexity index is 911. The lowest BCUT2D eigenvalue weighted by Gasteiger charge is -2.28. The van der Waals surface area contributed by atoms with Gasteiger partial charge in [0.1, 0.15) is 11.4 Å². The summed E-state index contributed by atoms with van der Waals surface area (Å²) in [6.07, 6.45) is -1.10. The number of carbonyl (C=O) groups excluding carboxylic acids is 1. The van der Waals surface area contributed by atoms with Gasteiger partial charge in [0.15, 0.2) is 0 Å². The van der Waals surface area contributed by atoms with Crippen molar-refractivity contribution in [2.24, 2.45) is 5.92 Å². The molecule has 0 radical (unpaired) electrons. The molecule has 0 bridgehead atoms. The number of benzene rings is 2. The lowest BCUT2D eigenvalue weighted by atomic mass is 10.0. The molecule has 3 unspecified atom stereocenters. The summed E-state index contributed by atoms with van der Waals surface area (Å²) >= 11 is 0. The van der Waals surface area contributed by atoms with Gasteiger partial charge < -0.3 is 20.1 Å². The fourth-order valence-electron chi connectivity index (χ4n) is 3.15. The molecule has 2 rings (SSSR count). The van der Waals surface area contributed by atoms with Crippen LogP contribution in [0.3, 0.4) is 0 Å².